The van der Waals surface area contributed by atoms with Gasteiger partial charge in [0.25, 0.3) is 11.8 Å². The van der Waals surface area contributed by atoms with Gasteiger partial charge in [0.05, 0.1) is 17.9 Å². The third-order valence-electron chi connectivity index (χ3n) is 5.23. The van der Waals surface area contributed by atoms with Gasteiger partial charge in [0.1, 0.15) is 17.1 Å². The van der Waals surface area contributed by atoms with Crippen LogP contribution in [0, 0.1) is 13.8 Å². The van der Waals surface area contributed by atoms with Crippen molar-refractivity contribution >= 4 is 29.5 Å². The Labute approximate surface area is 185 Å². The topological polar surface area (TPSA) is 88.9 Å². The molecule has 0 unspecified atom stereocenters. The number of benzene rings is 2. The maximum Gasteiger partial charge on any atom is 0.338 e. The van der Waals surface area contributed by atoms with Gasteiger partial charge < -0.3 is 9.15 Å². The quantitative estimate of drug-likeness (QED) is 0.372. The third-order valence-corrected chi connectivity index (χ3v) is 5.23. The highest BCUT2D eigenvalue weighted by Crippen LogP contribution is 2.27. The van der Waals surface area contributed by atoms with Gasteiger partial charge in [-0.25, -0.2) is 9.80 Å². The van der Waals surface area contributed by atoms with Crippen molar-refractivity contribution in [1.29, 1.82) is 0 Å². The molecule has 0 atom stereocenters. The molecule has 4 rings (SSSR count). The van der Waals surface area contributed by atoms with Gasteiger partial charge in [-0.1, -0.05) is 18.2 Å². The van der Waals surface area contributed by atoms with Crippen LogP contribution < -0.4 is 10.4 Å². The standard InChI is InChI=1S/C25H22N2O5/c1-4-31-25(30)18-8-6-17(7-9-18)22-12-11-20(32-22)14-21-23(28)26-27(24(21)29)19-10-5-15(2)16(3)13-19/h5-14H,4H2,1-3H3,(H,26,28)/b21-14+. The smallest absolute Gasteiger partial charge is 0.338 e. The summed E-state index contributed by atoms with van der Waals surface area (Å²) in [4.78, 5) is 37.1. The van der Waals surface area contributed by atoms with Crippen molar-refractivity contribution < 1.29 is 23.5 Å². The van der Waals surface area contributed by atoms with Crippen molar-refractivity contribution in [2.24, 2.45) is 0 Å². The van der Waals surface area contributed by atoms with Gasteiger partial charge in [-0.2, -0.15) is 0 Å². The van der Waals surface area contributed by atoms with E-state index in [1.54, 1.807) is 49.4 Å². The lowest BCUT2D eigenvalue weighted by molar-refractivity contribution is -0.117. The lowest BCUT2D eigenvalue weighted by atomic mass is 10.1. The fraction of sp³-hybridized carbons (Fsp3) is 0.160. The lowest BCUT2D eigenvalue weighted by Gasteiger charge is -2.15. The van der Waals surface area contributed by atoms with Crippen LogP contribution >= 0.6 is 0 Å². The second-order valence-corrected chi connectivity index (χ2v) is 7.41. The fourth-order valence-electron chi connectivity index (χ4n) is 3.32. The van der Waals surface area contributed by atoms with Crippen molar-refractivity contribution in [3.05, 3.63) is 82.6 Å². The Bertz CT molecular complexity index is 1240. The monoisotopic (exact) mass is 430 g/mol. The van der Waals surface area contributed by atoms with Crippen molar-refractivity contribution in [2.45, 2.75) is 20.8 Å². The zero-order valence-electron chi connectivity index (χ0n) is 18.0. The van der Waals surface area contributed by atoms with E-state index in [0.29, 0.717) is 29.4 Å². The molecule has 7 heteroatoms. The Morgan fingerprint density at radius 2 is 1.78 bits per heavy atom. The van der Waals surface area contributed by atoms with Crippen molar-refractivity contribution in [3.8, 4) is 11.3 Å². The number of nitrogens with zero attached hydrogens (tertiary/aromatic N) is 1. The zero-order valence-corrected chi connectivity index (χ0v) is 18.0. The van der Waals surface area contributed by atoms with Gasteiger partial charge in [-0.15, -0.1) is 0 Å². The predicted molar refractivity (Wildman–Crippen MR) is 120 cm³/mol. The van der Waals surface area contributed by atoms with E-state index in [1.807, 2.05) is 26.0 Å². The van der Waals surface area contributed by atoms with E-state index < -0.39 is 11.8 Å². The van der Waals surface area contributed by atoms with Crippen LogP contribution in [-0.4, -0.2) is 24.4 Å². The normalized spacial score (nSPS) is 14.7. The summed E-state index contributed by atoms with van der Waals surface area (Å²) in [6, 6.07) is 15.8. The maximum absolute atomic E-state index is 12.8. The van der Waals surface area contributed by atoms with E-state index in [2.05, 4.69) is 5.43 Å². The molecule has 0 aliphatic carbocycles. The highest BCUT2D eigenvalue weighted by molar-refractivity contribution is 6.31. The molecule has 0 radical (unpaired) electrons. The van der Waals surface area contributed by atoms with Crippen LogP contribution in [0.4, 0.5) is 5.69 Å². The van der Waals surface area contributed by atoms with Gasteiger partial charge in [0, 0.05) is 5.56 Å². The highest BCUT2D eigenvalue weighted by atomic mass is 16.5. The van der Waals surface area contributed by atoms with Gasteiger partial charge in [0.2, 0.25) is 0 Å². The third kappa shape index (κ3) is 4.05. The molecule has 2 amide bonds. The van der Waals surface area contributed by atoms with E-state index in [4.69, 9.17) is 9.15 Å². The summed E-state index contributed by atoms with van der Waals surface area (Å²) in [7, 11) is 0. The number of anilines is 1. The average molecular weight is 430 g/mol. The first kappa shape index (κ1) is 21.1. The lowest BCUT2D eigenvalue weighted by Crippen LogP contribution is -2.35. The summed E-state index contributed by atoms with van der Waals surface area (Å²) < 4.78 is 10.8. The second kappa shape index (κ2) is 8.55. The predicted octanol–water partition coefficient (Wildman–Crippen LogP) is 4.20. The molecule has 1 N–H and O–H groups in total. The average Bonchev–Trinajstić information content (AvgIpc) is 3.36. The molecular formula is C25H22N2O5. The van der Waals surface area contributed by atoms with Crippen LogP contribution in [-0.2, 0) is 14.3 Å². The number of carbonyl (C=O) groups is 3. The van der Waals surface area contributed by atoms with Crippen LogP contribution in [0.1, 0.15) is 34.2 Å². The van der Waals surface area contributed by atoms with Gasteiger partial charge >= 0.3 is 5.97 Å². The molecule has 2 heterocycles. The number of aryl methyl sites for hydroxylation is 2. The molecule has 1 saturated heterocycles. The van der Waals surface area contributed by atoms with Crippen LogP contribution in [0.25, 0.3) is 17.4 Å². The molecule has 0 bridgehead atoms. The SMILES string of the molecule is CCOC(=O)c1ccc(-c2ccc(/C=C3\C(=O)NN(c4ccc(C)c(C)c4)C3=O)o2)cc1. The second-order valence-electron chi connectivity index (χ2n) is 7.41. The summed E-state index contributed by atoms with van der Waals surface area (Å²) >= 11 is 0. The molecule has 162 valence electrons. The van der Waals surface area contributed by atoms with Gasteiger partial charge in [-0.3, -0.25) is 15.0 Å². The zero-order chi connectivity index (χ0) is 22.8. The minimum absolute atomic E-state index is 0.0122. The molecule has 1 fully saturated rings. The van der Waals surface area contributed by atoms with Crippen LogP contribution in [0.3, 0.4) is 0 Å². The Hall–Kier alpha value is -4.13. The minimum atomic E-state index is -0.495. The molecule has 3 aromatic rings. The Morgan fingerprint density at radius 3 is 2.47 bits per heavy atom. The number of furan rings is 1. The molecule has 32 heavy (non-hydrogen) atoms. The number of amides is 2. The van der Waals surface area contributed by atoms with Gasteiger partial charge in [-0.05, 0) is 74.4 Å². The fourth-order valence-corrected chi connectivity index (χ4v) is 3.32. The number of carbonyl (C=O) groups excluding carboxylic acids is 3. The number of rotatable bonds is 5. The first-order valence-electron chi connectivity index (χ1n) is 10.2. The molecular weight excluding hydrogens is 408 g/mol. The Morgan fingerprint density at radius 1 is 1.03 bits per heavy atom. The molecule has 2 aromatic carbocycles. The van der Waals surface area contributed by atoms with E-state index in [0.717, 1.165) is 16.7 Å². The summed E-state index contributed by atoms with van der Waals surface area (Å²) in [5.74, 6) is -0.415. The number of ether oxygens (including phenoxy) is 1. The Kier molecular flexibility index (Phi) is 5.64. The molecule has 0 spiro atoms. The van der Waals surface area contributed by atoms with E-state index >= 15 is 0 Å². The summed E-state index contributed by atoms with van der Waals surface area (Å²) in [5, 5.41) is 1.23. The largest absolute Gasteiger partial charge is 0.462 e. The number of hydrogen-bond acceptors (Lipinski definition) is 5. The van der Waals surface area contributed by atoms with E-state index in [1.165, 1.54) is 11.1 Å². The number of esters is 1. The first-order chi connectivity index (χ1) is 15.4. The molecule has 0 saturated carbocycles. The van der Waals surface area contributed by atoms with Crippen molar-refractivity contribution in [1.82, 2.24) is 5.43 Å². The first-order valence-corrected chi connectivity index (χ1v) is 10.2. The van der Waals surface area contributed by atoms with Crippen molar-refractivity contribution in [3.63, 3.8) is 0 Å². The summed E-state index contributed by atoms with van der Waals surface area (Å²) in [6.07, 6.45) is 1.43. The molecule has 7 nitrogen and oxygen atoms in total. The van der Waals surface area contributed by atoms with Crippen LogP contribution in [0.2, 0.25) is 0 Å². The maximum atomic E-state index is 12.8. The number of nitrogens with one attached hydrogen (secondary N) is 1. The highest BCUT2D eigenvalue weighted by Gasteiger charge is 2.34. The Balaban J connectivity index is 1.55. The van der Waals surface area contributed by atoms with E-state index in [-0.39, 0.29) is 11.5 Å². The van der Waals surface area contributed by atoms with Gasteiger partial charge in [0.15, 0.2) is 0 Å². The molecule has 1 aliphatic rings. The van der Waals surface area contributed by atoms with Crippen molar-refractivity contribution in [2.75, 3.05) is 11.6 Å². The van der Waals surface area contributed by atoms with Crippen LogP contribution in [0.5, 0.6) is 0 Å². The summed E-state index contributed by atoms with van der Waals surface area (Å²) in [5.41, 5.74) is 6.49. The minimum Gasteiger partial charge on any atom is -0.462 e. The number of hydrogen-bond donors (Lipinski definition) is 1. The molecule has 1 aromatic heterocycles. The number of hydrazine groups is 1. The van der Waals surface area contributed by atoms with Crippen LogP contribution in [0.15, 0.2) is 64.6 Å². The summed E-state index contributed by atoms with van der Waals surface area (Å²) in [6.45, 7) is 5.99. The molecule has 1 aliphatic heterocycles. The van der Waals surface area contributed by atoms with E-state index in [9.17, 15) is 14.4 Å².